The van der Waals surface area contributed by atoms with Gasteiger partial charge in [-0.15, -0.1) is 0 Å². The lowest BCUT2D eigenvalue weighted by Gasteiger charge is -2.20. The number of hydrogen-bond acceptors (Lipinski definition) is 10. The van der Waals surface area contributed by atoms with Crippen molar-refractivity contribution in [3.8, 4) is 45.5 Å². The molecule has 2 aromatic carbocycles. The summed E-state index contributed by atoms with van der Waals surface area (Å²) in [5.74, 6) is 3.33. The molecule has 3 atom stereocenters. The third-order valence-corrected chi connectivity index (χ3v) is 12.4. The van der Waals surface area contributed by atoms with E-state index in [9.17, 15) is 19.2 Å². The molecule has 4 rings (SSSR count). The van der Waals surface area contributed by atoms with Crippen molar-refractivity contribution in [2.24, 2.45) is 23.7 Å². The number of aromatic nitrogens is 4. The van der Waals surface area contributed by atoms with Crippen LogP contribution in [0.2, 0.25) is 0 Å². The van der Waals surface area contributed by atoms with E-state index in [0.29, 0.717) is 97.1 Å². The first-order valence-corrected chi connectivity index (χ1v) is 25.7. The van der Waals surface area contributed by atoms with Crippen molar-refractivity contribution in [2.45, 2.75) is 152 Å². The van der Waals surface area contributed by atoms with Crippen LogP contribution in [0.5, 0.6) is 23.0 Å². The maximum atomic E-state index is 13.4. The lowest BCUT2D eigenvalue weighted by Crippen LogP contribution is -2.40. The normalized spacial score (nSPS) is 12.4. The molecule has 1 unspecified atom stereocenters. The molecule has 0 aliphatic rings. The predicted octanol–water partition coefficient (Wildman–Crippen LogP) is 9.74. The quantitative estimate of drug-likeness (QED) is 0.0408. The van der Waals surface area contributed by atoms with Crippen LogP contribution < -0.4 is 40.2 Å². The van der Waals surface area contributed by atoms with Gasteiger partial charge in [0, 0.05) is 51.1 Å². The molecule has 0 fully saturated rings. The molecule has 0 aliphatic carbocycles. The zero-order chi connectivity index (χ0) is 52.6. The van der Waals surface area contributed by atoms with E-state index in [2.05, 4.69) is 81.8 Å². The van der Waals surface area contributed by atoms with Gasteiger partial charge in [-0.3, -0.25) is 28.5 Å². The first kappa shape index (κ1) is 59.2. The summed E-state index contributed by atoms with van der Waals surface area (Å²) >= 11 is 0. The molecule has 0 saturated carbocycles. The maximum Gasteiger partial charge on any atom is 0.272 e. The Balaban J connectivity index is 0.000000375. The number of nitrogens with zero attached hydrogens (tertiary/aromatic N) is 4. The van der Waals surface area contributed by atoms with Crippen molar-refractivity contribution in [2.75, 3.05) is 41.5 Å². The number of carbonyl (C=O) groups is 4. The minimum Gasteiger partial charge on any atom is -0.496 e. The van der Waals surface area contributed by atoms with E-state index in [1.165, 1.54) is 0 Å². The average molecular weight is 987 g/mol. The van der Waals surface area contributed by atoms with Crippen LogP contribution in [0, 0.1) is 23.7 Å². The zero-order valence-electron chi connectivity index (χ0n) is 45.3. The summed E-state index contributed by atoms with van der Waals surface area (Å²) < 4.78 is 26.3. The molecule has 0 radical (unpaired) electrons. The SMILES string of the molecule is CCCNC(=O)C[C@H](CC(C)C)NC(=O)c1cc(-c2c(OC)cccc2OC)n(CC(C)CC)n1.CCCNC(=O)C[C@H](CC(C)C)NC(=O)c1cc(-c2c(OC)cccc2OC)n(CC(CC)CC)n1. The van der Waals surface area contributed by atoms with Gasteiger partial charge in [-0.05, 0) is 85.8 Å². The monoisotopic (exact) mass is 987 g/mol. The first-order chi connectivity index (χ1) is 34.0. The summed E-state index contributed by atoms with van der Waals surface area (Å²) in [6.07, 6.45) is 6.61. The fourth-order valence-electron chi connectivity index (χ4n) is 8.32. The van der Waals surface area contributed by atoms with E-state index in [4.69, 9.17) is 24.0 Å². The second kappa shape index (κ2) is 30.6. The molecule has 71 heavy (non-hydrogen) atoms. The smallest absolute Gasteiger partial charge is 0.272 e. The van der Waals surface area contributed by atoms with E-state index < -0.39 is 0 Å². The number of ether oxygens (including phenoxy) is 4. The van der Waals surface area contributed by atoms with Gasteiger partial charge in [-0.1, -0.05) is 101 Å². The highest BCUT2D eigenvalue weighted by Crippen LogP contribution is 2.40. The lowest BCUT2D eigenvalue weighted by molar-refractivity contribution is -0.122. The molecule has 4 aromatic rings. The molecule has 4 amide bonds. The fraction of sp³-hybridized carbons (Fsp3) is 0.600. The van der Waals surface area contributed by atoms with Gasteiger partial charge in [-0.25, -0.2) is 0 Å². The molecule has 394 valence electrons. The second-order valence-electron chi connectivity index (χ2n) is 19.2. The Hall–Kier alpha value is -6.06. The van der Waals surface area contributed by atoms with Gasteiger partial charge in [0.25, 0.3) is 11.8 Å². The highest BCUT2D eigenvalue weighted by atomic mass is 16.5. The summed E-state index contributed by atoms with van der Waals surface area (Å²) in [5, 5.41) is 21.3. The topological polar surface area (TPSA) is 189 Å². The van der Waals surface area contributed by atoms with Gasteiger partial charge in [-0.2, -0.15) is 10.2 Å². The van der Waals surface area contributed by atoms with E-state index in [-0.39, 0.29) is 48.6 Å². The molecule has 16 nitrogen and oxygen atoms in total. The Labute approximate surface area is 424 Å². The number of hydrogen-bond donors (Lipinski definition) is 4. The predicted molar refractivity (Wildman–Crippen MR) is 282 cm³/mol. The maximum absolute atomic E-state index is 13.4. The highest BCUT2D eigenvalue weighted by Gasteiger charge is 2.27. The van der Waals surface area contributed by atoms with Gasteiger partial charge < -0.3 is 40.2 Å². The molecule has 0 aliphatic heterocycles. The highest BCUT2D eigenvalue weighted by molar-refractivity contribution is 5.95. The Morgan fingerprint density at radius 1 is 0.549 bits per heavy atom. The molecular weight excluding hydrogens is 901 g/mol. The van der Waals surface area contributed by atoms with Gasteiger partial charge in [0.1, 0.15) is 23.0 Å². The fourth-order valence-corrected chi connectivity index (χ4v) is 8.32. The standard InChI is InChI=1S/C28H44N4O4.C27H42N4O4/c1-8-14-29-26(33)16-21(15-19(4)5)30-28(34)22-17-23(32(31-22)18-20(9-2)10-3)27-24(35-6)12-11-13-25(27)36-7;1-8-13-28-25(32)15-20(14-18(3)4)29-27(33)21-16-22(31(30-21)17-19(5)9-2)26-23(34-6)11-10-12-24(26)35-7/h11-13,17,19-21H,8-10,14-16,18H2,1-7H3,(H,29,33)(H,30,34);10-12,16,18-20H,8-9,13-15,17H2,1-7H3,(H,28,32)(H,29,33)/t21-;19?,20-/m00/s1. The van der Waals surface area contributed by atoms with E-state index in [0.717, 1.165) is 54.6 Å². The van der Waals surface area contributed by atoms with Crippen LogP contribution in [0.25, 0.3) is 22.5 Å². The average Bonchev–Trinajstić information content (AvgIpc) is 3.97. The number of carbonyl (C=O) groups excluding carboxylic acids is 4. The van der Waals surface area contributed by atoms with Crippen LogP contribution in [-0.2, 0) is 22.7 Å². The minimum absolute atomic E-state index is 0.0542. The van der Waals surface area contributed by atoms with Crippen LogP contribution in [0.3, 0.4) is 0 Å². The minimum atomic E-state index is -0.294. The van der Waals surface area contributed by atoms with Crippen molar-refractivity contribution in [3.63, 3.8) is 0 Å². The number of benzene rings is 2. The van der Waals surface area contributed by atoms with Crippen LogP contribution in [0.4, 0.5) is 0 Å². The molecule has 4 N–H and O–H groups in total. The summed E-state index contributed by atoms with van der Waals surface area (Å²) in [6, 6.07) is 14.2. The molecule has 16 heteroatoms. The van der Waals surface area contributed by atoms with E-state index >= 15 is 0 Å². The summed E-state index contributed by atoms with van der Waals surface area (Å²) in [5.41, 5.74) is 3.65. The zero-order valence-corrected chi connectivity index (χ0v) is 45.3. The molecular formula is C55H86N8O8. The van der Waals surface area contributed by atoms with E-state index in [1.807, 2.05) is 59.6 Å². The van der Waals surface area contributed by atoms with Crippen LogP contribution >= 0.6 is 0 Å². The summed E-state index contributed by atoms with van der Waals surface area (Å²) in [6.45, 7) is 23.5. The summed E-state index contributed by atoms with van der Waals surface area (Å²) in [4.78, 5) is 51.4. The molecule has 0 saturated heterocycles. The van der Waals surface area contributed by atoms with E-state index in [1.54, 1.807) is 40.6 Å². The van der Waals surface area contributed by atoms with Gasteiger partial charge in [0.05, 0.1) is 51.0 Å². The van der Waals surface area contributed by atoms with Gasteiger partial charge in [0.15, 0.2) is 11.4 Å². The first-order valence-electron chi connectivity index (χ1n) is 25.7. The molecule has 2 heterocycles. The van der Waals surface area contributed by atoms with Crippen molar-refractivity contribution in [3.05, 3.63) is 59.9 Å². The van der Waals surface area contributed by atoms with Crippen LogP contribution in [0.15, 0.2) is 48.5 Å². The number of amides is 4. The molecule has 0 spiro atoms. The van der Waals surface area contributed by atoms with Gasteiger partial charge in [0.2, 0.25) is 11.8 Å². The van der Waals surface area contributed by atoms with Crippen LogP contribution in [0.1, 0.15) is 148 Å². The largest absolute Gasteiger partial charge is 0.496 e. The van der Waals surface area contributed by atoms with Crippen molar-refractivity contribution < 1.29 is 38.1 Å². The lowest BCUT2D eigenvalue weighted by atomic mass is 10.0. The summed E-state index contributed by atoms with van der Waals surface area (Å²) in [7, 11) is 6.46. The number of rotatable bonds is 29. The van der Waals surface area contributed by atoms with Crippen molar-refractivity contribution >= 4 is 23.6 Å². The number of methoxy groups -OCH3 is 4. The molecule has 0 bridgehead atoms. The molecule has 2 aromatic heterocycles. The van der Waals surface area contributed by atoms with Crippen molar-refractivity contribution in [1.29, 1.82) is 0 Å². The Morgan fingerprint density at radius 3 is 1.23 bits per heavy atom. The van der Waals surface area contributed by atoms with Crippen molar-refractivity contribution in [1.82, 2.24) is 40.8 Å². The van der Waals surface area contributed by atoms with Gasteiger partial charge >= 0.3 is 0 Å². The van der Waals surface area contributed by atoms with Crippen LogP contribution in [-0.4, -0.2) is 96.8 Å². The Morgan fingerprint density at radius 2 is 0.915 bits per heavy atom. The second-order valence-corrected chi connectivity index (χ2v) is 19.2. The third kappa shape index (κ3) is 18.2. The Bertz CT molecular complexity index is 2220. The Kier molecular flexibility index (Phi) is 25.6. The number of nitrogens with one attached hydrogen (secondary N) is 4. The third-order valence-electron chi connectivity index (χ3n) is 12.4.